The van der Waals surface area contributed by atoms with Gasteiger partial charge in [0.05, 0.1) is 24.6 Å². The summed E-state index contributed by atoms with van der Waals surface area (Å²) in [6.07, 6.45) is 0. The molecule has 0 unspecified atom stereocenters. The maximum Gasteiger partial charge on any atom is 0.214 e. The van der Waals surface area contributed by atoms with Gasteiger partial charge in [-0.1, -0.05) is 17.3 Å². The number of rotatable bonds is 6. The second-order valence-corrected chi connectivity index (χ2v) is 7.15. The van der Waals surface area contributed by atoms with Gasteiger partial charge in [-0.05, 0) is 26.0 Å². The minimum absolute atomic E-state index is 0.105. The SMILES string of the molecule is COc1cccc(-c2cc(CNS(=O)(=O)C(C)C)no2)c1. The second-order valence-electron chi connectivity index (χ2n) is 4.83. The van der Waals surface area contributed by atoms with Crippen molar-refractivity contribution in [3.8, 4) is 17.1 Å². The van der Waals surface area contributed by atoms with Crippen LogP contribution in [-0.2, 0) is 16.6 Å². The van der Waals surface area contributed by atoms with Crippen molar-refractivity contribution in [2.45, 2.75) is 25.6 Å². The van der Waals surface area contributed by atoms with E-state index in [0.29, 0.717) is 17.2 Å². The van der Waals surface area contributed by atoms with Crippen molar-refractivity contribution in [1.29, 1.82) is 0 Å². The first-order valence-electron chi connectivity index (χ1n) is 6.51. The lowest BCUT2D eigenvalue weighted by Crippen LogP contribution is -2.30. The summed E-state index contributed by atoms with van der Waals surface area (Å²) in [7, 11) is -1.73. The van der Waals surface area contributed by atoms with Crippen molar-refractivity contribution in [2.75, 3.05) is 7.11 Å². The lowest BCUT2D eigenvalue weighted by Gasteiger charge is -2.07. The molecule has 7 heteroatoms. The first-order valence-corrected chi connectivity index (χ1v) is 8.05. The summed E-state index contributed by atoms with van der Waals surface area (Å²) in [5.41, 5.74) is 1.34. The molecular weight excluding hydrogens is 292 g/mol. The fourth-order valence-corrected chi connectivity index (χ4v) is 2.33. The van der Waals surface area contributed by atoms with Crippen LogP contribution in [0.1, 0.15) is 19.5 Å². The minimum Gasteiger partial charge on any atom is -0.497 e. The van der Waals surface area contributed by atoms with E-state index in [9.17, 15) is 8.42 Å². The van der Waals surface area contributed by atoms with Gasteiger partial charge in [-0.15, -0.1) is 0 Å². The molecule has 21 heavy (non-hydrogen) atoms. The molecule has 6 nitrogen and oxygen atoms in total. The summed E-state index contributed by atoms with van der Waals surface area (Å²) in [6.45, 7) is 3.34. The molecule has 0 fully saturated rings. The smallest absolute Gasteiger partial charge is 0.214 e. The lowest BCUT2D eigenvalue weighted by molar-refractivity contribution is 0.412. The molecule has 1 N–H and O–H groups in total. The lowest BCUT2D eigenvalue weighted by atomic mass is 10.1. The molecule has 1 aromatic heterocycles. The van der Waals surface area contributed by atoms with Crippen LogP contribution in [0.25, 0.3) is 11.3 Å². The van der Waals surface area contributed by atoms with Crippen LogP contribution in [-0.4, -0.2) is 25.9 Å². The van der Waals surface area contributed by atoms with Gasteiger partial charge in [0, 0.05) is 11.6 Å². The molecule has 2 aromatic rings. The Hall–Kier alpha value is -1.86. The number of aromatic nitrogens is 1. The Kier molecular flexibility index (Phi) is 4.64. The number of nitrogens with one attached hydrogen (secondary N) is 1. The van der Waals surface area contributed by atoms with E-state index >= 15 is 0 Å². The van der Waals surface area contributed by atoms with E-state index in [1.807, 2.05) is 24.3 Å². The summed E-state index contributed by atoms with van der Waals surface area (Å²) in [5, 5.41) is 3.38. The summed E-state index contributed by atoms with van der Waals surface area (Å²) >= 11 is 0. The number of benzene rings is 1. The van der Waals surface area contributed by atoms with Crippen LogP contribution in [0.5, 0.6) is 5.75 Å². The molecule has 0 bridgehead atoms. The van der Waals surface area contributed by atoms with Crippen LogP contribution < -0.4 is 9.46 Å². The minimum atomic E-state index is -3.31. The maximum absolute atomic E-state index is 11.7. The number of hydrogen-bond acceptors (Lipinski definition) is 5. The van der Waals surface area contributed by atoms with Gasteiger partial charge in [-0.25, -0.2) is 13.1 Å². The van der Waals surface area contributed by atoms with Crippen molar-refractivity contribution in [1.82, 2.24) is 9.88 Å². The van der Waals surface area contributed by atoms with Crippen LogP contribution in [0.3, 0.4) is 0 Å². The molecule has 0 aliphatic carbocycles. The number of nitrogens with zero attached hydrogens (tertiary/aromatic N) is 1. The fourth-order valence-electron chi connectivity index (χ4n) is 1.65. The molecule has 0 aliphatic heterocycles. The first kappa shape index (κ1) is 15.5. The molecule has 0 aliphatic rings. The first-order chi connectivity index (χ1) is 9.92. The van der Waals surface area contributed by atoms with E-state index in [4.69, 9.17) is 9.26 Å². The number of ether oxygens (including phenoxy) is 1. The molecule has 0 saturated heterocycles. The Morgan fingerprint density at radius 3 is 2.76 bits per heavy atom. The predicted molar refractivity (Wildman–Crippen MR) is 79.4 cm³/mol. The monoisotopic (exact) mass is 310 g/mol. The van der Waals surface area contributed by atoms with Gasteiger partial charge in [-0.2, -0.15) is 0 Å². The molecule has 0 amide bonds. The van der Waals surface area contributed by atoms with Crippen LogP contribution in [0, 0.1) is 0 Å². The molecular formula is C14H18N2O4S. The summed E-state index contributed by atoms with van der Waals surface area (Å²) in [4.78, 5) is 0. The van der Waals surface area contributed by atoms with Gasteiger partial charge in [-0.3, -0.25) is 0 Å². The summed E-state index contributed by atoms with van der Waals surface area (Å²) < 4.78 is 36.2. The van der Waals surface area contributed by atoms with Crippen LogP contribution in [0.2, 0.25) is 0 Å². The standard InChI is InChI=1S/C14H18N2O4S/c1-10(2)21(17,18)15-9-12-8-14(20-16-12)11-5-4-6-13(7-11)19-3/h4-8,10,15H,9H2,1-3H3. The topological polar surface area (TPSA) is 81.4 Å². The summed E-state index contributed by atoms with van der Waals surface area (Å²) in [6, 6.07) is 9.07. The average Bonchev–Trinajstić information content (AvgIpc) is 2.94. The Morgan fingerprint density at radius 1 is 1.33 bits per heavy atom. The van der Waals surface area contributed by atoms with Gasteiger partial charge in [0.2, 0.25) is 10.0 Å². The Labute approximate surface area is 124 Å². The van der Waals surface area contributed by atoms with Crippen molar-refractivity contribution >= 4 is 10.0 Å². The van der Waals surface area contributed by atoms with Gasteiger partial charge in [0.25, 0.3) is 0 Å². The van der Waals surface area contributed by atoms with Gasteiger partial charge in [0.1, 0.15) is 5.75 Å². The third-order valence-corrected chi connectivity index (χ3v) is 4.78. The van der Waals surface area contributed by atoms with E-state index in [1.54, 1.807) is 27.0 Å². The largest absolute Gasteiger partial charge is 0.497 e. The molecule has 0 spiro atoms. The predicted octanol–water partition coefficient (Wildman–Crippen LogP) is 2.18. The highest BCUT2D eigenvalue weighted by Gasteiger charge is 2.16. The van der Waals surface area contributed by atoms with Crippen molar-refractivity contribution in [3.63, 3.8) is 0 Å². The van der Waals surface area contributed by atoms with Gasteiger partial charge >= 0.3 is 0 Å². The summed E-state index contributed by atoms with van der Waals surface area (Å²) in [5.74, 6) is 1.28. The maximum atomic E-state index is 11.7. The van der Waals surface area contributed by atoms with Crippen LogP contribution in [0.4, 0.5) is 0 Å². The highest BCUT2D eigenvalue weighted by Crippen LogP contribution is 2.24. The Balaban J connectivity index is 2.11. The second kappa shape index (κ2) is 6.28. The highest BCUT2D eigenvalue weighted by molar-refractivity contribution is 7.90. The van der Waals surface area contributed by atoms with Crippen molar-refractivity contribution in [2.24, 2.45) is 0 Å². The average molecular weight is 310 g/mol. The van der Waals surface area contributed by atoms with Crippen LogP contribution >= 0.6 is 0 Å². The number of methoxy groups -OCH3 is 1. The zero-order valence-corrected chi connectivity index (χ0v) is 13.0. The quantitative estimate of drug-likeness (QED) is 0.884. The number of sulfonamides is 1. The fraction of sp³-hybridized carbons (Fsp3) is 0.357. The third kappa shape index (κ3) is 3.83. The number of hydrogen-bond donors (Lipinski definition) is 1. The molecule has 0 radical (unpaired) electrons. The Morgan fingerprint density at radius 2 is 2.10 bits per heavy atom. The molecule has 2 rings (SSSR count). The van der Waals surface area contributed by atoms with E-state index in [1.165, 1.54) is 0 Å². The van der Waals surface area contributed by atoms with Crippen LogP contribution in [0.15, 0.2) is 34.9 Å². The molecule has 1 aromatic carbocycles. The van der Waals surface area contributed by atoms with Gasteiger partial charge < -0.3 is 9.26 Å². The highest BCUT2D eigenvalue weighted by atomic mass is 32.2. The van der Waals surface area contributed by atoms with E-state index < -0.39 is 15.3 Å². The molecule has 0 atom stereocenters. The molecule has 1 heterocycles. The molecule has 0 saturated carbocycles. The third-order valence-electron chi connectivity index (χ3n) is 2.99. The molecule has 114 valence electrons. The van der Waals surface area contributed by atoms with E-state index in [0.717, 1.165) is 5.56 Å². The van der Waals surface area contributed by atoms with Crippen molar-refractivity contribution < 1.29 is 17.7 Å². The van der Waals surface area contributed by atoms with Crippen molar-refractivity contribution in [3.05, 3.63) is 36.0 Å². The van der Waals surface area contributed by atoms with Gasteiger partial charge in [0.15, 0.2) is 5.76 Å². The van der Waals surface area contributed by atoms with E-state index in [2.05, 4.69) is 9.88 Å². The zero-order valence-electron chi connectivity index (χ0n) is 12.2. The Bertz CT molecular complexity index is 707. The van der Waals surface area contributed by atoms with E-state index in [-0.39, 0.29) is 6.54 Å². The zero-order chi connectivity index (χ0) is 15.5. The normalized spacial score (nSPS) is 11.8.